The van der Waals surface area contributed by atoms with Crippen LogP contribution in [0, 0.1) is 6.92 Å². The van der Waals surface area contributed by atoms with Gasteiger partial charge in [-0.25, -0.2) is 4.79 Å². The number of rotatable bonds is 3. The summed E-state index contributed by atoms with van der Waals surface area (Å²) in [6, 6.07) is 5.42. The molecule has 4 heteroatoms. The highest BCUT2D eigenvalue weighted by atomic mass is 32.2. The van der Waals surface area contributed by atoms with Gasteiger partial charge in [-0.2, -0.15) is 0 Å². The summed E-state index contributed by atoms with van der Waals surface area (Å²) in [4.78, 5) is 12.2. The molecule has 1 aromatic rings. The van der Waals surface area contributed by atoms with Crippen LogP contribution in [0.1, 0.15) is 17.2 Å². The van der Waals surface area contributed by atoms with E-state index >= 15 is 0 Å². The highest BCUT2D eigenvalue weighted by molar-refractivity contribution is 7.98. The lowest BCUT2D eigenvalue weighted by atomic mass is 10.1. The van der Waals surface area contributed by atoms with Crippen LogP contribution >= 0.6 is 11.8 Å². The fourth-order valence-electron chi connectivity index (χ4n) is 1.25. The Labute approximate surface area is 93.4 Å². The Morgan fingerprint density at radius 1 is 1.53 bits per heavy atom. The molecule has 0 amide bonds. The molecule has 15 heavy (non-hydrogen) atoms. The normalized spacial score (nSPS) is 12.3. The third-order valence-electron chi connectivity index (χ3n) is 2.17. The van der Waals surface area contributed by atoms with Gasteiger partial charge in [0.15, 0.2) is 6.10 Å². The number of carbonyl (C=O) groups excluding carboxylic acids is 1. The van der Waals surface area contributed by atoms with Gasteiger partial charge in [0.25, 0.3) is 0 Å². The lowest BCUT2D eigenvalue weighted by Gasteiger charge is -2.11. The fraction of sp³-hybridized carbons (Fsp3) is 0.364. The second-order valence-electron chi connectivity index (χ2n) is 3.15. The fourth-order valence-corrected chi connectivity index (χ4v) is 1.90. The Morgan fingerprint density at radius 3 is 2.73 bits per heavy atom. The molecule has 0 fully saturated rings. The Hall–Kier alpha value is -1.00. The van der Waals surface area contributed by atoms with Crippen molar-refractivity contribution in [1.82, 2.24) is 0 Å². The van der Waals surface area contributed by atoms with Gasteiger partial charge in [0.2, 0.25) is 0 Å². The minimum atomic E-state index is -1.19. The number of esters is 1. The zero-order valence-electron chi connectivity index (χ0n) is 8.98. The lowest BCUT2D eigenvalue weighted by molar-refractivity contribution is -0.150. The minimum Gasteiger partial charge on any atom is -0.467 e. The van der Waals surface area contributed by atoms with E-state index in [1.54, 1.807) is 17.8 Å². The molecule has 0 heterocycles. The molecule has 82 valence electrons. The molecule has 0 aliphatic heterocycles. The Morgan fingerprint density at radius 2 is 2.20 bits per heavy atom. The second kappa shape index (κ2) is 5.19. The topological polar surface area (TPSA) is 46.5 Å². The quantitative estimate of drug-likeness (QED) is 0.632. The number of thioether (sulfide) groups is 1. The highest BCUT2D eigenvalue weighted by Gasteiger charge is 2.18. The van der Waals surface area contributed by atoms with Crippen molar-refractivity contribution in [3.8, 4) is 0 Å². The van der Waals surface area contributed by atoms with Crippen LogP contribution in [-0.4, -0.2) is 24.4 Å². The number of hydrogen-bond acceptors (Lipinski definition) is 4. The van der Waals surface area contributed by atoms with Crippen LogP contribution in [-0.2, 0) is 9.53 Å². The molecular weight excluding hydrogens is 212 g/mol. The molecule has 0 aliphatic rings. The van der Waals surface area contributed by atoms with E-state index in [1.165, 1.54) is 7.11 Å². The molecule has 0 radical (unpaired) electrons. The summed E-state index contributed by atoms with van der Waals surface area (Å²) in [5.41, 5.74) is 1.69. The molecule has 1 unspecified atom stereocenters. The molecule has 1 aromatic carbocycles. The van der Waals surface area contributed by atoms with Crippen molar-refractivity contribution in [2.24, 2.45) is 0 Å². The first kappa shape index (κ1) is 12.1. The van der Waals surface area contributed by atoms with Gasteiger partial charge in [-0.15, -0.1) is 11.8 Å². The molecule has 0 aliphatic carbocycles. The molecular formula is C11H14O3S. The van der Waals surface area contributed by atoms with E-state index < -0.39 is 12.1 Å². The van der Waals surface area contributed by atoms with Crippen LogP contribution in [0.15, 0.2) is 23.1 Å². The van der Waals surface area contributed by atoms with Gasteiger partial charge in [-0.1, -0.05) is 12.1 Å². The SMILES string of the molecule is COC(=O)C(O)c1ccc(C)c(SC)c1. The van der Waals surface area contributed by atoms with Gasteiger partial charge in [-0.3, -0.25) is 0 Å². The average Bonchev–Trinajstić information content (AvgIpc) is 2.27. The third-order valence-corrected chi connectivity index (χ3v) is 3.05. The monoisotopic (exact) mass is 226 g/mol. The molecule has 0 aromatic heterocycles. The van der Waals surface area contributed by atoms with Crippen molar-refractivity contribution in [1.29, 1.82) is 0 Å². The summed E-state index contributed by atoms with van der Waals surface area (Å²) >= 11 is 1.58. The van der Waals surface area contributed by atoms with Gasteiger partial charge in [0.1, 0.15) is 0 Å². The van der Waals surface area contributed by atoms with Crippen molar-refractivity contribution in [2.45, 2.75) is 17.9 Å². The number of hydrogen-bond donors (Lipinski definition) is 1. The molecule has 0 saturated carbocycles. The smallest absolute Gasteiger partial charge is 0.339 e. The zero-order chi connectivity index (χ0) is 11.4. The molecule has 0 bridgehead atoms. The van der Waals surface area contributed by atoms with Crippen LogP contribution in [0.4, 0.5) is 0 Å². The number of methoxy groups -OCH3 is 1. The standard InChI is InChI=1S/C11H14O3S/c1-7-4-5-8(6-9(7)15-3)10(12)11(13)14-2/h4-6,10,12H,1-3H3. The maximum Gasteiger partial charge on any atom is 0.339 e. The average molecular weight is 226 g/mol. The summed E-state index contributed by atoms with van der Waals surface area (Å²) < 4.78 is 4.47. The van der Waals surface area contributed by atoms with Crippen molar-refractivity contribution in [3.05, 3.63) is 29.3 Å². The number of ether oxygens (including phenoxy) is 1. The number of carbonyl (C=O) groups is 1. The van der Waals surface area contributed by atoms with Gasteiger partial charge in [0.05, 0.1) is 7.11 Å². The van der Waals surface area contributed by atoms with Gasteiger partial charge >= 0.3 is 5.97 Å². The summed E-state index contributed by atoms with van der Waals surface area (Å²) in [6.07, 6.45) is 0.762. The summed E-state index contributed by atoms with van der Waals surface area (Å²) in [5, 5.41) is 9.62. The van der Waals surface area contributed by atoms with Gasteiger partial charge in [-0.05, 0) is 30.4 Å². The van der Waals surface area contributed by atoms with E-state index in [2.05, 4.69) is 4.74 Å². The molecule has 1 N–H and O–H groups in total. The minimum absolute atomic E-state index is 0.566. The summed E-state index contributed by atoms with van der Waals surface area (Å²) in [7, 11) is 1.26. The van der Waals surface area contributed by atoms with Crippen LogP contribution in [0.5, 0.6) is 0 Å². The van der Waals surface area contributed by atoms with Gasteiger partial charge in [0, 0.05) is 4.90 Å². The van der Waals surface area contributed by atoms with Crippen LogP contribution < -0.4 is 0 Å². The first-order valence-corrected chi connectivity index (χ1v) is 5.73. The van der Waals surface area contributed by atoms with Crippen molar-refractivity contribution >= 4 is 17.7 Å². The van der Waals surface area contributed by atoms with E-state index in [0.29, 0.717) is 5.56 Å². The number of aliphatic hydroxyl groups is 1. The summed E-state index contributed by atoms with van der Waals surface area (Å²) in [6.45, 7) is 1.99. The van der Waals surface area contributed by atoms with E-state index in [9.17, 15) is 9.90 Å². The van der Waals surface area contributed by atoms with Gasteiger partial charge < -0.3 is 9.84 Å². The molecule has 1 atom stereocenters. The van der Waals surface area contributed by atoms with Crippen LogP contribution in [0.2, 0.25) is 0 Å². The predicted octanol–water partition coefficient (Wildman–Crippen LogP) is 1.92. The van der Waals surface area contributed by atoms with Crippen LogP contribution in [0.25, 0.3) is 0 Å². The number of benzene rings is 1. The third kappa shape index (κ3) is 2.73. The Bertz CT molecular complexity index is 363. The number of aryl methyl sites for hydroxylation is 1. The van der Waals surface area contributed by atoms with E-state index in [4.69, 9.17) is 0 Å². The van der Waals surface area contributed by atoms with E-state index in [1.807, 2.05) is 25.3 Å². The largest absolute Gasteiger partial charge is 0.467 e. The van der Waals surface area contributed by atoms with Crippen molar-refractivity contribution < 1.29 is 14.6 Å². The predicted molar refractivity (Wildman–Crippen MR) is 59.9 cm³/mol. The summed E-state index contributed by atoms with van der Waals surface area (Å²) in [5.74, 6) is -0.633. The van der Waals surface area contributed by atoms with Crippen molar-refractivity contribution in [2.75, 3.05) is 13.4 Å². The molecule has 3 nitrogen and oxygen atoms in total. The van der Waals surface area contributed by atoms with E-state index in [0.717, 1.165) is 10.5 Å². The molecule has 0 saturated heterocycles. The lowest BCUT2D eigenvalue weighted by Crippen LogP contribution is -2.13. The van der Waals surface area contributed by atoms with E-state index in [-0.39, 0.29) is 0 Å². The maximum atomic E-state index is 11.1. The highest BCUT2D eigenvalue weighted by Crippen LogP contribution is 2.24. The number of aliphatic hydroxyl groups excluding tert-OH is 1. The first-order valence-electron chi connectivity index (χ1n) is 4.50. The van der Waals surface area contributed by atoms with Crippen molar-refractivity contribution in [3.63, 3.8) is 0 Å². The first-order chi connectivity index (χ1) is 7.10. The Kier molecular flexibility index (Phi) is 4.17. The second-order valence-corrected chi connectivity index (χ2v) is 4.00. The molecule has 1 rings (SSSR count). The van der Waals surface area contributed by atoms with Crippen LogP contribution in [0.3, 0.4) is 0 Å². The molecule has 0 spiro atoms. The Balaban J connectivity index is 3.00. The zero-order valence-corrected chi connectivity index (χ0v) is 9.80. The maximum absolute atomic E-state index is 11.1.